The van der Waals surface area contributed by atoms with Gasteiger partial charge in [-0.05, 0) is 48.9 Å². The van der Waals surface area contributed by atoms with Crippen molar-refractivity contribution in [1.82, 2.24) is 5.32 Å². The van der Waals surface area contributed by atoms with Crippen molar-refractivity contribution in [3.63, 3.8) is 0 Å². The number of fused-ring (bicyclic) bond motifs is 3. The maximum Gasteiger partial charge on any atom is 0.101 e. The number of hydrogen-bond donors (Lipinski definition) is 2. The summed E-state index contributed by atoms with van der Waals surface area (Å²) >= 11 is 12.2. The average Bonchev–Trinajstić information content (AvgIpc) is 2.90. The number of rotatable bonds is 2. The fourth-order valence-electron chi connectivity index (χ4n) is 4.03. The number of benzene rings is 2. The molecule has 0 radical (unpaired) electrons. The Labute approximate surface area is 157 Å². The topological polar surface area (TPSA) is 51.1 Å². The smallest absolute Gasteiger partial charge is 0.101 e. The van der Waals surface area contributed by atoms with E-state index in [0.29, 0.717) is 27.6 Å². The van der Waals surface area contributed by atoms with E-state index in [0.717, 1.165) is 36.6 Å². The summed E-state index contributed by atoms with van der Waals surface area (Å²) in [5, 5.41) is 17.6. The zero-order chi connectivity index (χ0) is 17.6. The lowest BCUT2D eigenvalue weighted by Crippen LogP contribution is -2.42. The fourth-order valence-corrected chi connectivity index (χ4v) is 4.48. The molecule has 2 aliphatic heterocycles. The van der Waals surface area contributed by atoms with Crippen LogP contribution in [0, 0.1) is 11.3 Å². The van der Waals surface area contributed by atoms with E-state index in [2.05, 4.69) is 34.7 Å². The van der Waals surface area contributed by atoms with Gasteiger partial charge in [0.15, 0.2) is 0 Å². The van der Waals surface area contributed by atoms with Crippen LogP contribution in [0.15, 0.2) is 30.3 Å². The van der Waals surface area contributed by atoms with Crippen LogP contribution in [0.5, 0.6) is 0 Å². The van der Waals surface area contributed by atoms with Gasteiger partial charge in [0.05, 0.1) is 22.0 Å². The molecule has 2 N–H and O–H groups in total. The van der Waals surface area contributed by atoms with E-state index in [1.807, 2.05) is 12.1 Å². The molecule has 0 bridgehead atoms. The third-order valence-corrected chi connectivity index (χ3v) is 5.71. The molecular weight excluding hydrogens is 355 g/mol. The number of piperidine rings is 1. The van der Waals surface area contributed by atoms with Crippen molar-refractivity contribution in [2.75, 3.05) is 30.4 Å². The zero-order valence-corrected chi connectivity index (χ0v) is 15.3. The van der Waals surface area contributed by atoms with Crippen molar-refractivity contribution >= 4 is 40.3 Å². The quantitative estimate of drug-likeness (QED) is 0.814. The summed E-state index contributed by atoms with van der Waals surface area (Å²) in [5.41, 5.74) is 4.64. The van der Waals surface area contributed by atoms with Crippen LogP contribution in [-0.4, -0.2) is 26.2 Å². The van der Waals surface area contributed by atoms with Crippen LogP contribution in [0.2, 0.25) is 10.0 Å². The van der Waals surface area contributed by atoms with Gasteiger partial charge in [-0.3, -0.25) is 0 Å². The summed E-state index contributed by atoms with van der Waals surface area (Å²) in [4.78, 5) is 2.28. The Morgan fingerprint density at radius 1 is 1.28 bits per heavy atom. The van der Waals surface area contributed by atoms with E-state index in [4.69, 9.17) is 23.2 Å². The Balaban J connectivity index is 1.75. The van der Waals surface area contributed by atoms with Gasteiger partial charge < -0.3 is 15.5 Å². The first-order chi connectivity index (χ1) is 12.1. The highest BCUT2D eigenvalue weighted by Gasteiger charge is 2.39. The summed E-state index contributed by atoms with van der Waals surface area (Å²) in [6, 6.07) is 12.2. The van der Waals surface area contributed by atoms with Gasteiger partial charge in [-0.25, -0.2) is 0 Å². The highest BCUT2D eigenvalue weighted by atomic mass is 35.5. The van der Waals surface area contributed by atoms with E-state index in [-0.39, 0.29) is 0 Å². The zero-order valence-electron chi connectivity index (χ0n) is 13.8. The molecule has 2 aliphatic rings. The van der Waals surface area contributed by atoms with Gasteiger partial charge in [-0.15, -0.1) is 0 Å². The molecule has 6 heteroatoms. The summed E-state index contributed by atoms with van der Waals surface area (Å²) in [6.07, 6.45) is 1.09. The van der Waals surface area contributed by atoms with Crippen LogP contribution >= 0.6 is 23.2 Å². The van der Waals surface area contributed by atoms with Crippen LogP contribution < -0.4 is 15.5 Å². The van der Waals surface area contributed by atoms with Crippen LogP contribution in [0.25, 0.3) is 0 Å². The first-order valence-corrected chi connectivity index (χ1v) is 9.07. The second-order valence-corrected chi connectivity index (χ2v) is 7.44. The summed E-state index contributed by atoms with van der Waals surface area (Å²) in [5.74, 6) is 0.406. The Morgan fingerprint density at radius 2 is 2.12 bits per heavy atom. The Kier molecular flexibility index (Phi) is 4.24. The second-order valence-electron chi connectivity index (χ2n) is 6.60. The third-order valence-electron chi connectivity index (χ3n) is 5.17. The van der Waals surface area contributed by atoms with Crippen LogP contribution in [0.4, 0.5) is 17.1 Å². The molecule has 25 heavy (non-hydrogen) atoms. The molecule has 4 nitrogen and oxygen atoms in total. The van der Waals surface area contributed by atoms with Gasteiger partial charge in [0.2, 0.25) is 0 Å². The largest absolute Gasteiger partial charge is 0.370 e. The minimum absolute atomic E-state index is 0.406. The summed E-state index contributed by atoms with van der Waals surface area (Å²) < 4.78 is 0. The number of nitrogens with zero attached hydrogens (tertiary/aromatic N) is 2. The van der Waals surface area contributed by atoms with Crippen molar-refractivity contribution in [3.05, 3.63) is 51.5 Å². The number of nitriles is 1. The van der Waals surface area contributed by atoms with E-state index in [9.17, 15) is 5.26 Å². The standard InChI is InChI=1S/C19H18Cl2N4/c1-25-18-4-5-23-10-15(18)14-8-13(6-11(9-22)19(14)25)24-17-3-2-12(20)7-16(17)21/h2-3,6-8,15,18,23-24H,4-5,10H2,1H3/t15-,18-/m0/s1. The molecule has 128 valence electrons. The Morgan fingerprint density at radius 3 is 2.88 bits per heavy atom. The van der Waals surface area contributed by atoms with Crippen molar-refractivity contribution < 1.29 is 0 Å². The van der Waals surface area contributed by atoms with Gasteiger partial charge in [-0.2, -0.15) is 5.26 Å². The molecule has 0 saturated carbocycles. The normalized spacial score (nSPS) is 21.4. The molecule has 0 amide bonds. The maximum absolute atomic E-state index is 9.67. The van der Waals surface area contributed by atoms with E-state index >= 15 is 0 Å². The second kappa shape index (κ2) is 6.42. The molecular formula is C19H18Cl2N4. The minimum Gasteiger partial charge on any atom is -0.370 e. The van der Waals surface area contributed by atoms with E-state index < -0.39 is 0 Å². The molecule has 4 rings (SSSR count). The highest BCUT2D eigenvalue weighted by molar-refractivity contribution is 6.36. The van der Waals surface area contributed by atoms with Crippen LogP contribution in [0.1, 0.15) is 23.5 Å². The van der Waals surface area contributed by atoms with Crippen LogP contribution in [-0.2, 0) is 0 Å². The molecule has 0 spiro atoms. The first-order valence-electron chi connectivity index (χ1n) is 8.32. The maximum atomic E-state index is 9.67. The molecule has 0 aromatic heterocycles. The molecule has 1 saturated heterocycles. The number of anilines is 3. The molecule has 0 aliphatic carbocycles. The SMILES string of the molecule is CN1c2c(C#N)cc(Nc3ccc(Cl)cc3Cl)cc2[C@@H]2CNCC[C@@H]21. The predicted octanol–water partition coefficient (Wildman–Crippen LogP) is 4.50. The average molecular weight is 373 g/mol. The van der Waals surface area contributed by atoms with E-state index in [1.54, 1.807) is 12.1 Å². The van der Waals surface area contributed by atoms with Gasteiger partial charge >= 0.3 is 0 Å². The molecule has 2 atom stereocenters. The lowest BCUT2D eigenvalue weighted by molar-refractivity contribution is 0.413. The number of likely N-dealkylation sites (N-methyl/N-ethyl adjacent to an activating group) is 1. The van der Waals surface area contributed by atoms with Gasteiger partial charge in [-0.1, -0.05) is 23.2 Å². The summed E-state index contributed by atoms with van der Waals surface area (Å²) in [7, 11) is 2.10. The first kappa shape index (κ1) is 16.5. The lowest BCUT2D eigenvalue weighted by Gasteiger charge is -2.31. The van der Waals surface area contributed by atoms with E-state index in [1.165, 1.54) is 5.56 Å². The van der Waals surface area contributed by atoms with Gasteiger partial charge in [0, 0.05) is 36.3 Å². The number of hydrogen-bond acceptors (Lipinski definition) is 4. The van der Waals surface area contributed by atoms with Crippen molar-refractivity contribution in [3.8, 4) is 6.07 Å². The predicted molar refractivity (Wildman–Crippen MR) is 103 cm³/mol. The molecule has 2 aromatic carbocycles. The molecule has 1 fully saturated rings. The summed E-state index contributed by atoms with van der Waals surface area (Å²) in [6.45, 7) is 1.96. The molecule has 2 aromatic rings. The van der Waals surface area contributed by atoms with Crippen molar-refractivity contribution in [2.24, 2.45) is 0 Å². The third kappa shape index (κ3) is 2.83. The fraction of sp³-hybridized carbons (Fsp3) is 0.316. The Bertz CT molecular complexity index is 874. The highest BCUT2D eigenvalue weighted by Crippen LogP contribution is 2.46. The van der Waals surface area contributed by atoms with Crippen LogP contribution in [0.3, 0.4) is 0 Å². The Hall–Kier alpha value is -1.93. The van der Waals surface area contributed by atoms with Gasteiger partial charge in [0.1, 0.15) is 6.07 Å². The number of nitrogens with one attached hydrogen (secondary N) is 2. The molecule has 2 heterocycles. The monoisotopic (exact) mass is 372 g/mol. The van der Waals surface area contributed by atoms with Gasteiger partial charge in [0.25, 0.3) is 0 Å². The number of halogens is 2. The van der Waals surface area contributed by atoms with Crippen molar-refractivity contribution in [1.29, 1.82) is 5.26 Å². The minimum atomic E-state index is 0.406. The molecule has 0 unspecified atom stereocenters. The van der Waals surface area contributed by atoms with Crippen molar-refractivity contribution in [2.45, 2.75) is 18.4 Å². The lowest BCUT2D eigenvalue weighted by atomic mass is 9.89.